The maximum atomic E-state index is 17.1. The molecule has 0 radical (unpaired) electrons. The molecule has 32 heavy (non-hydrogen) atoms. The predicted octanol–water partition coefficient (Wildman–Crippen LogP) is 1.46. The zero-order chi connectivity index (χ0) is 23.7. The third-order valence-corrected chi connectivity index (χ3v) is 9.29. The lowest BCUT2D eigenvalue weighted by molar-refractivity contribution is -0.231. The van der Waals surface area contributed by atoms with E-state index in [1.54, 1.807) is 13.8 Å². The van der Waals surface area contributed by atoms with Crippen LogP contribution >= 0.6 is 0 Å². The molecule has 4 aliphatic carbocycles. The summed E-state index contributed by atoms with van der Waals surface area (Å²) in [6.45, 7) is 3.52. The van der Waals surface area contributed by atoms with Crippen molar-refractivity contribution in [1.29, 1.82) is 0 Å². The van der Waals surface area contributed by atoms with Gasteiger partial charge in [0.05, 0.1) is 12.2 Å². The van der Waals surface area contributed by atoms with Crippen LogP contribution in [0.3, 0.4) is 0 Å². The summed E-state index contributed by atoms with van der Waals surface area (Å²) in [5.41, 5.74) is -5.71. The van der Waals surface area contributed by atoms with Crippen LogP contribution in [0.1, 0.15) is 59.3 Å². The van der Waals surface area contributed by atoms with Crippen molar-refractivity contribution < 1.29 is 38.8 Å². The van der Waals surface area contributed by atoms with Crippen molar-refractivity contribution in [3.8, 4) is 0 Å². The van der Waals surface area contributed by atoms with Gasteiger partial charge < -0.3 is 20.1 Å². The first-order chi connectivity index (χ1) is 14.9. The van der Waals surface area contributed by atoms with E-state index in [9.17, 15) is 29.7 Å². The smallest absolute Gasteiger partial charge is 0.192 e. The van der Waals surface area contributed by atoms with Gasteiger partial charge in [-0.25, -0.2) is 4.39 Å². The van der Waals surface area contributed by atoms with Crippen molar-refractivity contribution in [1.82, 2.24) is 0 Å². The molecule has 0 bridgehead atoms. The minimum absolute atomic E-state index is 0.0313. The Kier molecular flexibility index (Phi) is 5.56. The molecule has 8 heteroatoms. The molecule has 3 saturated carbocycles. The van der Waals surface area contributed by atoms with Crippen LogP contribution in [-0.4, -0.2) is 69.4 Å². The highest BCUT2D eigenvalue weighted by Crippen LogP contribution is 2.70. The first-order valence-electron chi connectivity index (χ1n) is 11.4. The first kappa shape index (κ1) is 23.7. The first-order valence-corrected chi connectivity index (χ1v) is 11.4. The molecule has 7 nitrogen and oxygen atoms in total. The number of fused-ring (bicyclic) bond motifs is 5. The summed E-state index contributed by atoms with van der Waals surface area (Å²) in [7, 11) is 0. The second-order valence-electron chi connectivity index (χ2n) is 10.7. The van der Waals surface area contributed by atoms with Crippen molar-refractivity contribution in [2.75, 3.05) is 13.2 Å². The molecule has 4 rings (SSSR count). The predicted molar refractivity (Wildman–Crippen MR) is 111 cm³/mol. The molecule has 0 aromatic carbocycles. The number of ether oxygens (including phenoxy) is 1. The minimum atomic E-state index is -2.15. The Morgan fingerprint density at radius 2 is 1.94 bits per heavy atom. The van der Waals surface area contributed by atoms with Crippen molar-refractivity contribution in [3.63, 3.8) is 0 Å². The van der Waals surface area contributed by atoms with Crippen LogP contribution in [0.2, 0.25) is 0 Å². The molecule has 0 spiro atoms. The number of aliphatic hydroxyl groups is 3. The maximum absolute atomic E-state index is 17.1. The van der Waals surface area contributed by atoms with E-state index in [1.165, 1.54) is 13.0 Å². The van der Waals surface area contributed by atoms with E-state index < -0.39 is 58.5 Å². The number of alkyl halides is 1. The zero-order valence-electron chi connectivity index (χ0n) is 18.9. The number of hydrogen-bond donors (Lipinski definition) is 3. The highest BCUT2D eigenvalue weighted by Gasteiger charge is 2.76. The molecule has 8 atom stereocenters. The van der Waals surface area contributed by atoms with Crippen LogP contribution in [0.5, 0.6) is 0 Å². The van der Waals surface area contributed by atoms with Gasteiger partial charge in [0.1, 0.15) is 18.9 Å². The van der Waals surface area contributed by atoms with E-state index in [2.05, 4.69) is 0 Å². The highest BCUT2D eigenvalue weighted by atomic mass is 19.1. The number of aliphatic hydroxyl groups excluding tert-OH is 2. The Morgan fingerprint density at radius 1 is 1.25 bits per heavy atom. The third kappa shape index (κ3) is 2.82. The van der Waals surface area contributed by atoms with Gasteiger partial charge >= 0.3 is 0 Å². The molecule has 0 aliphatic heterocycles. The Morgan fingerprint density at radius 3 is 2.56 bits per heavy atom. The van der Waals surface area contributed by atoms with Gasteiger partial charge in [-0.1, -0.05) is 19.4 Å². The number of halogens is 1. The summed E-state index contributed by atoms with van der Waals surface area (Å²) in [5.74, 6) is -2.34. The fourth-order valence-electron chi connectivity index (χ4n) is 7.59. The van der Waals surface area contributed by atoms with Crippen LogP contribution in [0.25, 0.3) is 0 Å². The average Bonchev–Trinajstić information content (AvgIpc) is 2.95. The molecule has 4 aliphatic rings. The fraction of sp³-hybridized carbons (Fsp3) is 0.792. The van der Waals surface area contributed by atoms with Gasteiger partial charge in [0.2, 0.25) is 0 Å². The summed E-state index contributed by atoms with van der Waals surface area (Å²) in [6.07, 6.45) is 0.301. The molecular weight excluding hydrogens is 419 g/mol. The normalized spacial score (nSPS) is 47.8. The monoisotopic (exact) mass is 452 g/mol. The number of carbonyl (C=O) groups is 3. The molecule has 3 fully saturated rings. The standard InChI is InChI=1S/C24H33FO7/c1-13(27)12-32-20-9-17-16-5-4-14-8-15(28)6-7-21(14,2)23(16,25)18(29)10-22(17,3)24(20,31)19(30)11-26/h8,16-18,20,26,29,31H,4-7,9-12H2,1-3H3/t16-,17-,18-,20+,21-,22-,23-,24+/m0/s1. The zero-order valence-corrected chi connectivity index (χ0v) is 18.9. The number of ketones is 3. The molecule has 0 heterocycles. The van der Waals surface area contributed by atoms with Crippen LogP contribution in [0.15, 0.2) is 11.6 Å². The second kappa shape index (κ2) is 7.52. The van der Waals surface area contributed by atoms with Crippen LogP contribution in [-0.2, 0) is 19.1 Å². The number of rotatable bonds is 5. The molecule has 0 aromatic heterocycles. The highest BCUT2D eigenvalue weighted by molar-refractivity contribution is 5.92. The molecule has 0 saturated heterocycles. The van der Waals surface area contributed by atoms with E-state index in [0.717, 1.165) is 5.57 Å². The number of allylic oxidation sites excluding steroid dienone is 1. The fourth-order valence-corrected chi connectivity index (χ4v) is 7.59. The van der Waals surface area contributed by atoms with Crippen molar-refractivity contribution in [2.24, 2.45) is 22.7 Å². The summed E-state index contributed by atoms with van der Waals surface area (Å²) in [5, 5.41) is 32.6. The maximum Gasteiger partial charge on any atom is 0.192 e. The van der Waals surface area contributed by atoms with Gasteiger partial charge in [0.15, 0.2) is 23.0 Å². The quantitative estimate of drug-likeness (QED) is 0.577. The largest absolute Gasteiger partial charge is 0.390 e. The number of Topliss-reactive ketones (excluding diaryl/α,β-unsaturated/α-hetero) is 2. The molecule has 3 N–H and O–H groups in total. The lowest BCUT2D eigenvalue weighted by atomic mass is 9.44. The van der Waals surface area contributed by atoms with Crippen molar-refractivity contribution in [2.45, 2.75) is 82.8 Å². The summed E-state index contributed by atoms with van der Waals surface area (Å²) < 4.78 is 22.8. The number of hydrogen-bond acceptors (Lipinski definition) is 7. The Labute approximate surface area is 187 Å². The summed E-state index contributed by atoms with van der Waals surface area (Å²) in [6, 6.07) is 0. The third-order valence-electron chi connectivity index (χ3n) is 9.29. The van der Waals surface area contributed by atoms with Crippen LogP contribution < -0.4 is 0 Å². The van der Waals surface area contributed by atoms with E-state index in [-0.39, 0.29) is 37.4 Å². The Hall–Kier alpha value is -1.48. The molecule has 0 amide bonds. The van der Waals surface area contributed by atoms with E-state index in [1.807, 2.05) is 0 Å². The van der Waals surface area contributed by atoms with E-state index in [0.29, 0.717) is 19.3 Å². The molecule has 0 unspecified atom stereocenters. The van der Waals surface area contributed by atoms with Crippen molar-refractivity contribution in [3.05, 3.63) is 11.6 Å². The van der Waals surface area contributed by atoms with Gasteiger partial charge in [-0.15, -0.1) is 0 Å². The van der Waals surface area contributed by atoms with Crippen LogP contribution in [0.4, 0.5) is 4.39 Å². The lowest BCUT2D eigenvalue weighted by Gasteiger charge is -2.63. The summed E-state index contributed by atoms with van der Waals surface area (Å²) in [4.78, 5) is 36.4. The minimum Gasteiger partial charge on any atom is -0.390 e. The van der Waals surface area contributed by atoms with Gasteiger partial charge in [-0.05, 0) is 51.0 Å². The SMILES string of the molecule is CC(=O)CO[C@@H]1C[C@H]2[C@@H]3CCC4=CC(=O)CC[C@]4(C)[C@@]3(F)[C@@H](O)C[C@]2(C)[C@@]1(O)C(=O)CO. The summed E-state index contributed by atoms with van der Waals surface area (Å²) >= 11 is 0. The Balaban J connectivity index is 1.80. The van der Waals surface area contributed by atoms with E-state index in [4.69, 9.17) is 4.74 Å². The van der Waals surface area contributed by atoms with Crippen LogP contribution in [0, 0.1) is 22.7 Å². The average molecular weight is 453 g/mol. The number of carbonyl (C=O) groups excluding carboxylic acids is 3. The van der Waals surface area contributed by atoms with Gasteiger partial charge in [0, 0.05) is 23.2 Å². The molecule has 178 valence electrons. The molecule has 0 aromatic rings. The van der Waals surface area contributed by atoms with Gasteiger partial charge in [0.25, 0.3) is 0 Å². The molecular formula is C24H33FO7. The van der Waals surface area contributed by atoms with E-state index >= 15 is 4.39 Å². The van der Waals surface area contributed by atoms with Crippen molar-refractivity contribution >= 4 is 17.3 Å². The second-order valence-corrected chi connectivity index (χ2v) is 10.7. The Bertz CT molecular complexity index is 886. The van der Waals surface area contributed by atoms with Gasteiger partial charge in [-0.2, -0.15) is 0 Å². The van der Waals surface area contributed by atoms with Gasteiger partial charge in [-0.3, -0.25) is 14.4 Å². The topological polar surface area (TPSA) is 121 Å². The lowest BCUT2D eigenvalue weighted by Crippen LogP contribution is -2.70.